The van der Waals surface area contributed by atoms with E-state index in [0.717, 1.165) is 32.5 Å². The summed E-state index contributed by atoms with van der Waals surface area (Å²) in [6.07, 6.45) is 5.73. The molecule has 2 heterocycles. The van der Waals surface area contributed by atoms with Crippen LogP contribution in [0.1, 0.15) is 18.4 Å². The summed E-state index contributed by atoms with van der Waals surface area (Å²) >= 11 is 0. The quantitative estimate of drug-likeness (QED) is 0.834. The minimum atomic E-state index is 0. The topological polar surface area (TPSA) is 52.2 Å². The molecule has 0 amide bonds. The normalized spacial score (nSPS) is 17.4. The molecule has 0 atom stereocenters. The van der Waals surface area contributed by atoms with Crippen molar-refractivity contribution in [1.82, 2.24) is 10.2 Å². The maximum atomic E-state index is 8.60. The number of rotatable bonds is 4. The number of likely N-dealkylation sites (tertiary alicyclic amines) is 1. The molecule has 17 heavy (non-hydrogen) atoms. The molecule has 1 aliphatic heterocycles. The van der Waals surface area contributed by atoms with E-state index in [1.54, 1.807) is 12.5 Å². The molecule has 0 aliphatic carbocycles. The molecule has 94 valence electrons. The van der Waals surface area contributed by atoms with Gasteiger partial charge in [-0.25, -0.2) is 0 Å². The highest BCUT2D eigenvalue weighted by atomic mass is 35.5. The molecule has 0 saturated carbocycles. The smallest absolute Gasteiger partial charge is 0.0947 e. The Balaban J connectivity index is 0.00000144. The molecule has 0 spiro atoms. The highest BCUT2D eigenvalue weighted by molar-refractivity contribution is 5.85. The monoisotopic (exact) mass is 255 g/mol. The summed E-state index contributed by atoms with van der Waals surface area (Å²) < 4.78 is 5.02. The van der Waals surface area contributed by atoms with E-state index in [9.17, 15) is 0 Å². The first-order valence-electron chi connectivity index (χ1n) is 5.72. The van der Waals surface area contributed by atoms with E-state index in [0.29, 0.717) is 12.6 Å². The van der Waals surface area contributed by atoms with Gasteiger partial charge in [0.15, 0.2) is 0 Å². The van der Waals surface area contributed by atoms with Gasteiger partial charge in [0, 0.05) is 31.2 Å². The van der Waals surface area contributed by atoms with Crippen molar-refractivity contribution in [1.29, 1.82) is 5.26 Å². The second-order valence-corrected chi connectivity index (χ2v) is 4.22. The summed E-state index contributed by atoms with van der Waals surface area (Å²) in [5.41, 5.74) is 1.19. The van der Waals surface area contributed by atoms with E-state index in [4.69, 9.17) is 9.68 Å². The van der Waals surface area contributed by atoms with Gasteiger partial charge < -0.3 is 9.73 Å². The fraction of sp³-hybridized carbons (Fsp3) is 0.583. The summed E-state index contributed by atoms with van der Waals surface area (Å²) in [6, 6.07) is 4.76. The first-order valence-corrected chi connectivity index (χ1v) is 5.72. The van der Waals surface area contributed by atoms with Crippen LogP contribution < -0.4 is 5.32 Å². The first kappa shape index (κ1) is 14.0. The molecule has 1 aromatic heterocycles. The van der Waals surface area contributed by atoms with Gasteiger partial charge in [-0.05, 0) is 18.9 Å². The van der Waals surface area contributed by atoms with Crippen LogP contribution in [0.2, 0.25) is 0 Å². The number of nitriles is 1. The summed E-state index contributed by atoms with van der Waals surface area (Å²) in [5, 5.41) is 12.1. The first-order chi connectivity index (χ1) is 7.88. The van der Waals surface area contributed by atoms with Gasteiger partial charge in [0.1, 0.15) is 0 Å². The van der Waals surface area contributed by atoms with E-state index in [1.807, 2.05) is 6.07 Å². The second-order valence-electron chi connectivity index (χ2n) is 4.22. The number of piperidine rings is 1. The van der Waals surface area contributed by atoms with Gasteiger partial charge in [-0.3, -0.25) is 4.90 Å². The van der Waals surface area contributed by atoms with Crippen molar-refractivity contribution in [2.24, 2.45) is 0 Å². The number of hydrogen-bond acceptors (Lipinski definition) is 4. The third-order valence-corrected chi connectivity index (χ3v) is 3.06. The van der Waals surface area contributed by atoms with Crippen molar-refractivity contribution in [3.05, 3.63) is 24.2 Å². The van der Waals surface area contributed by atoms with Crippen molar-refractivity contribution in [2.45, 2.75) is 25.4 Å². The van der Waals surface area contributed by atoms with Crippen LogP contribution in [0.15, 0.2) is 23.0 Å². The Bertz CT molecular complexity index is 339. The van der Waals surface area contributed by atoms with Crippen LogP contribution in [-0.4, -0.2) is 30.6 Å². The Kier molecular flexibility index (Phi) is 6.06. The van der Waals surface area contributed by atoms with Crippen LogP contribution in [0.25, 0.3) is 0 Å². The average molecular weight is 256 g/mol. The standard InChI is InChI=1S/C12H17N3O.ClH/c13-4-7-15-5-1-12(2-6-15)14-9-11-3-8-16-10-11;/h3,8,10,12,14H,1-2,5-7,9H2;1H. The summed E-state index contributed by atoms with van der Waals surface area (Å²) in [7, 11) is 0. The zero-order valence-corrected chi connectivity index (χ0v) is 10.6. The molecule has 0 radical (unpaired) electrons. The Morgan fingerprint density at radius 3 is 2.82 bits per heavy atom. The molecular formula is C12H18ClN3O. The number of nitrogens with zero attached hydrogens (tertiary/aromatic N) is 2. The molecule has 2 rings (SSSR count). The Morgan fingerprint density at radius 1 is 1.47 bits per heavy atom. The molecule has 0 unspecified atom stereocenters. The van der Waals surface area contributed by atoms with Crippen molar-refractivity contribution >= 4 is 12.4 Å². The minimum Gasteiger partial charge on any atom is -0.472 e. The molecule has 1 N–H and O–H groups in total. The molecule has 1 aromatic rings. The molecule has 1 saturated heterocycles. The zero-order chi connectivity index (χ0) is 11.2. The fourth-order valence-corrected chi connectivity index (χ4v) is 2.05. The van der Waals surface area contributed by atoms with Crippen molar-refractivity contribution in [2.75, 3.05) is 19.6 Å². The van der Waals surface area contributed by atoms with Crippen molar-refractivity contribution in [3.63, 3.8) is 0 Å². The van der Waals surface area contributed by atoms with E-state index in [1.165, 1.54) is 5.56 Å². The van der Waals surface area contributed by atoms with Gasteiger partial charge in [-0.2, -0.15) is 5.26 Å². The van der Waals surface area contributed by atoms with Gasteiger partial charge in [0.05, 0.1) is 25.1 Å². The van der Waals surface area contributed by atoms with E-state index in [-0.39, 0.29) is 12.4 Å². The zero-order valence-electron chi connectivity index (χ0n) is 9.76. The van der Waals surface area contributed by atoms with Gasteiger partial charge >= 0.3 is 0 Å². The Morgan fingerprint density at radius 2 is 2.24 bits per heavy atom. The maximum Gasteiger partial charge on any atom is 0.0947 e. The van der Waals surface area contributed by atoms with Crippen LogP contribution in [0.4, 0.5) is 0 Å². The molecule has 1 aliphatic rings. The van der Waals surface area contributed by atoms with Gasteiger partial charge in [0.25, 0.3) is 0 Å². The number of halogens is 1. The molecular weight excluding hydrogens is 238 g/mol. The third kappa shape index (κ3) is 4.39. The summed E-state index contributed by atoms with van der Waals surface area (Å²) in [5.74, 6) is 0. The fourth-order valence-electron chi connectivity index (χ4n) is 2.05. The van der Waals surface area contributed by atoms with Crippen LogP contribution >= 0.6 is 12.4 Å². The lowest BCUT2D eigenvalue weighted by molar-refractivity contribution is 0.216. The summed E-state index contributed by atoms with van der Waals surface area (Å²) in [4.78, 5) is 2.20. The van der Waals surface area contributed by atoms with Crippen molar-refractivity contribution in [3.8, 4) is 6.07 Å². The second kappa shape index (κ2) is 7.33. The predicted molar refractivity (Wildman–Crippen MR) is 67.9 cm³/mol. The third-order valence-electron chi connectivity index (χ3n) is 3.06. The van der Waals surface area contributed by atoms with Crippen LogP contribution in [0.5, 0.6) is 0 Å². The number of hydrogen-bond donors (Lipinski definition) is 1. The van der Waals surface area contributed by atoms with Gasteiger partial charge in [-0.1, -0.05) is 0 Å². The van der Waals surface area contributed by atoms with Crippen LogP contribution in [0.3, 0.4) is 0 Å². The predicted octanol–water partition coefficient (Wildman–Crippen LogP) is 1.78. The maximum absolute atomic E-state index is 8.60. The lowest BCUT2D eigenvalue weighted by Gasteiger charge is -2.30. The molecule has 0 bridgehead atoms. The molecule has 0 aromatic carbocycles. The minimum absolute atomic E-state index is 0. The van der Waals surface area contributed by atoms with Gasteiger partial charge in [-0.15, -0.1) is 12.4 Å². The Labute approximate surface area is 108 Å². The SMILES string of the molecule is Cl.N#CCN1CCC(NCc2ccoc2)CC1. The van der Waals surface area contributed by atoms with E-state index < -0.39 is 0 Å². The van der Waals surface area contributed by atoms with Crippen molar-refractivity contribution < 1.29 is 4.42 Å². The molecule has 4 nitrogen and oxygen atoms in total. The largest absolute Gasteiger partial charge is 0.472 e. The number of nitrogens with one attached hydrogen (secondary N) is 1. The Hall–Kier alpha value is -1.02. The van der Waals surface area contributed by atoms with Crippen LogP contribution in [-0.2, 0) is 6.54 Å². The van der Waals surface area contributed by atoms with E-state index >= 15 is 0 Å². The van der Waals surface area contributed by atoms with E-state index in [2.05, 4.69) is 16.3 Å². The highest BCUT2D eigenvalue weighted by Crippen LogP contribution is 2.10. The lowest BCUT2D eigenvalue weighted by atomic mass is 10.0. The van der Waals surface area contributed by atoms with Crippen LogP contribution in [0, 0.1) is 11.3 Å². The molecule has 1 fully saturated rings. The average Bonchev–Trinajstić information content (AvgIpc) is 2.82. The lowest BCUT2D eigenvalue weighted by Crippen LogP contribution is -2.42. The van der Waals surface area contributed by atoms with Gasteiger partial charge in [0.2, 0.25) is 0 Å². The summed E-state index contributed by atoms with van der Waals surface area (Å²) in [6.45, 7) is 3.49. The highest BCUT2D eigenvalue weighted by Gasteiger charge is 2.18. The number of furan rings is 1. The molecule has 5 heteroatoms.